The highest BCUT2D eigenvalue weighted by molar-refractivity contribution is 6.18. The van der Waals surface area contributed by atoms with Crippen LogP contribution in [-0.4, -0.2) is 19.1 Å². The van der Waals surface area contributed by atoms with Crippen LogP contribution in [0.15, 0.2) is 168 Å². The summed E-state index contributed by atoms with van der Waals surface area (Å²) in [6, 6.07) is 58.8. The predicted molar refractivity (Wildman–Crippen MR) is 315 cm³/mol. The number of aromatic nitrogens is 4. The zero-order valence-electron chi connectivity index (χ0n) is 45.2. The highest BCUT2D eigenvalue weighted by Gasteiger charge is 2.30. The largest absolute Gasteiger partial charge is 0.466 e. The number of para-hydroxylation sites is 1. The van der Waals surface area contributed by atoms with E-state index in [0.29, 0.717) is 22.7 Å². The smallest absolute Gasteiger partial charge is 0.254 e. The Morgan fingerprint density at radius 1 is 0.400 bits per heavy atom. The molecule has 75 heavy (non-hydrogen) atoms. The fourth-order valence-electron chi connectivity index (χ4n) is 11.1. The maximum atomic E-state index is 9.42. The molecule has 0 fully saturated rings. The Bertz CT molecular complexity index is 4120. The number of hydrogen-bond donors (Lipinski definition) is 0. The van der Waals surface area contributed by atoms with E-state index in [1.54, 1.807) is 0 Å². The molecule has 4 heterocycles. The molecule has 370 valence electrons. The third-order valence-corrected chi connectivity index (χ3v) is 15.4. The van der Waals surface area contributed by atoms with E-state index < -0.39 is 0 Å². The molecule has 6 nitrogen and oxygen atoms in total. The molecule has 0 aliphatic heterocycles. The van der Waals surface area contributed by atoms with E-state index in [1.165, 1.54) is 33.0 Å². The Morgan fingerprint density at radius 2 is 0.840 bits per heavy atom. The lowest BCUT2D eigenvalue weighted by Gasteiger charge is -2.21. The Kier molecular flexibility index (Phi) is 10.7. The van der Waals surface area contributed by atoms with Gasteiger partial charge in [0.1, 0.15) is 11.2 Å². The van der Waals surface area contributed by atoms with Crippen LogP contribution in [0, 0.1) is 6.57 Å². The third-order valence-electron chi connectivity index (χ3n) is 15.4. The van der Waals surface area contributed by atoms with Crippen LogP contribution in [0.2, 0.25) is 0 Å². The van der Waals surface area contributed by atoms with Gasteiger partial charge >= 0.3 is 0 Å². The van der Waals surface area contributed by atoms with E-state index in [4.69, 9.17) is 14.4 Å². The van der Waals surface area contributed by atoms with Gasteiger partial charge in [-0.3, -0.25) is 0 Å². The molecule has 0 aliphatic carbocycles. The van der Waals surface area contributed by atoms with Crippen molar-refractivity contribution in [1.82, 2.24) is 19.1 Å². The van der Waals surface area contributed by atoms with E-state index in [2.05, 4.69) is 212 Å². The number of hydrogen-bond acceptors (Lipinski definition) is 3. The summed E-state index contributed by atoms with van der Waals surface area (Å²) in [5.41, 5.74) is 16.5. The van der Waals surface area contributed by atoms with Crippen LogP contribution in [-0.2, 0) is 21.7 Å². The van der Waals surface area contributed by atoms with Crippen molar-refractivity contribution in [3.8, 4) is 45.3 Å². The predicted octanol–water partition coefficient (Wildman–Crippen LogP) is 19.3. The van der Waals surface area contributed by atoms with Gasteiger partial charge in [-0.05, 0) is 111 Å². The minimum Gasteiger partial charge on any atom is -0.466 e. The monoisotopic (exact) mass is 978 g/mol. The van der Waals surface area contributed by atoms with Crippen LogP contribution in [0.25, 0.3) is 116 Å². The van der Waals surface area contributed by atoms with Crippen molar-refractivity contribution < 1.29 is 4.42 Å². The van der Waals surface area contributed by atoms with Crippen molar-refractivity contribution in [2.75, 3.05) is 0 Å². The van der Waals surface area contributed by atoms with Gasteiger partial charge in [-0.15, -0.1) is 0 Å². The molecule has 0 saturated carbocycles. The fourth-order valence-corrected chi connectivity index (χ4v) is 11.1. The van der Waals surface area contributed by atoms with Gasteiger partial charge in [0.15, 0.2) is 5.82 Å². The van der Waals surface area contributed by atoms with Gasteiger partial charge in [0, 0.05) is 49.0 Å². The van der Waals surface area contributed by atoms with Gasteiger partial charge in [0.2, 0.25) is 0 Å². The summed E-state index contributed by atoms with van der Waals surface area (Å²) in [4.78, 5) is 15.0. The van der Waals surface area contributed by atoms with Crippen molar-refractivity contribution in [3.63, 3.8) is 0 Å². The fraction of sp³-hybridized carbons (Fsp3) is 0.232. The first kappa shape index (κ1) is 47.7. The van der Waals surface area contributed by atoms with Crippen LogP contribution >= 0.6 is 0 Å². The van der Waals surface area contributed by atoms with Gasteiger partial charge in [0.05, 0.1) is 51.4 Å². The van der Waals surface area contributed by atoms with E-state index in [1.807, 2.05) is 48.5 Å². The van der Waals surface area contributed by atoms with E-state index in [0.717, 1.165) is 83.1 Å². The van der Waals surface area contributed by atoms with Gasteiger partial charge in [-0.2, -0.15) is 0 Å². The Morgan fingerprint density at radius 3 is 1.29 bits per heavy atom. The van der Waals surface area contributed by atoms with E-state index >= 15 is 0 Å². The van der Waals surface area contributed by atoms with Crippen LogP contribution in [0.4, 0.5) is 5.69 Å². The van der Waals surface area contributed by atoms with Crippen molar-refractivity contribution >= 4 is 71.2 Å². The summed E-state index contributed by atoms with van der Waals surface area (Å²) in [5.74, 6) is 0.623. The van der Waals surface area contributed by atoms with Crippen LogP contribution in [0.1, 0.15) is 105 Å². The standard InChI is InChI=1S/C69H63N5O/c1-66(2,3)43-27-31-56-49(35-43)50-36-44(67(4,5)6)28-32-57(50)73(56)60-39-53-47-25-20-26-48(55-40-54(41-21-16-14-17-22-41)71-65(72-55)42-23-18-15-19-24-42)63(47)75-64(53)61(70-13)62(60)74-58-33-29-45(68(7,8)9)37-51(58)52-38-46(69(10,11)12)30-34-59(52)74/h14-40H,1-12H3. The zero-order chi connectivity index (χ0) is 52.5. The Balaban J connectivity index is 1.25. The van der Waals surface area contributed by atoms with E-state index in [-0.39, 0.29) is 21.7 Å². The summed E-state index contributed by atoms with van der Waals surface area (Å²) in [6.07, 6.45) is 0. The maximum absolute atomic E-state index is 9.42. The minimum atomic E-state index is -0.0871. The van der Waals surface area contributed by atoms with Crippen LogP contribution in [0.5, 0.6) is 0 Å². The summed E-state index contributed by atoms with van der Waals surface area (Å²) in [7, 11) is 0. The topological polar surface area (TPSA) is 53.1 Å². The molecule has 12 aromatic rings. The molecule has 0 aliphatic rings. The number of benzene rings is 8. The molecule has 0 amide bonds. The first-order valence-electron chi connectivity index (χ1n) is 26.3. The number of fused-ring (bicyclic) bond motifs is 9. The number of furan rings is 1. The molecular formula is C69H63N5O. The second-order valence-corrected chi connectivity index (χ2v) is 24.7. The van der Waals surface area contributed by atoms with Crippen LogP contribution < -0.4 is 0 Å². The first-order valence-corrected chi connectivity index (χ1v) is 26.3. The van der Waals surface area contributed by atoms with Gasteiger partial charge in [0.25, 0.3) is 5.69 Å². The molecule has 4 aromatic heterocycles. The minimum absolute atomic E-state index is 0.0762. The third kappa shape index (κ3) is 7.91. The molecule has 8 aromatic carbocycles. The molecule has 0 radical (unpaired) electrons. The first-order chi connectivity index (χ1) is 35.7. The van der Waals surface area contributed by atoms with E-state index in [9.17, 15) is 6.57 Å². The molecular weight excluding hydrogens is 915 g/mol. The van der Waals surface area contributed by atoms with Crippen molar-refractivity contribution in [2.45, 2.75) is 105 Å². The molecule has 0 saturated heterocycles. The second-order valence-electron chi connectivity index (χ2n) is 24.7. The quantitative estimate of drug-likeness (QED) is 0.162. The summed E-state index contributed by atoms with van der Waals surface area (Å²) in [5, 5.41) is 6.41. The zero-order valence-corrected chi connectivity index (χ0v) is 45.2. The Hall–Kier alpha value is -8.27. The highest BCUT2D eigenvalue weighted by atomic mass is 16.3. The lowest BCUT2D eigenvalue weighted by Crippen LogP contribution is -2.11. The lowest BCUT2D eigenvalue weighted by molar-refractivity contribution is 0.590. The summed E-state index contributed by atoms with van der Waals surface area (Å²) in [6.45, 7) is 36.8. The molecule has 0 unspecified atom stereocenters. The molecule has 12 rings (SSSR count). The Labute approximate surface area is 440 Å². The number of nitrogens with zero attached hydrogens (tertiary/aromatic N) is 5. The molecule has 6 heteroatoms. The summed E-state index contributed by atoms with van der Waals surface area (Å²) < 4.78 is 12.1. The molecule has 0 atom stereocenters. The molecule has 0 spiro atoms. The van der Waals surface area contributed by atoms with Gasteiger partial charge in [-0.1, -0.05) is 180 Å². The maximum Gasteiger partial charge on any atom is 0.254 e. The summed E-state index contributed by atoms with van der Waals surface area (Å²) >= 11 is 0. The molecule has 0 bridgehead atoms. The second kappa shape index (κ2) is 16.9. The average molecular weight is 978 g/mol. The SMILES string of the molecule is [C-]#[N+]c1c(-n2c3ccc(C(C)(C)C)cc3c3cc(C(C)(C)C)ccc32)c(-n2c3ccc(C(C)(C)C)cc3c3cc(C(C)(C)C)ccc32)cc2c1oc1c(-c3cc(-c4ccccc4)nc(-c4ccccc4)n3)cccc12. The van der Waals surface area contributed by atoms with Crippen molar-refractivity contribution in [1.29, 1.82) is 0 Å². The molecule has 0 N–H and O–H groups in total. The van der Waals surface area contributed by atoms with Crippen molar-refractivity contribution in [2.24, 2.45) is 0 Å². The van der Waals surface area contributed by atoms with Gasteiger partial charge in [-0.25, -0.2) is 14.8 Å². The van der Waals surface area contributed by atoms with Crippen molar-refractivity contribution in [3.05, 3.63) is 197 Å². The van der Waals surface area contributed by atoms with Gasteiger partial charge < -0.3 is 13.6 Å². The normalized spacial score (nSPS) is 12.8. The highest BCUT2D eigenvalue weighted by Crippen LogP contribution is 2.50. The van der Waals surface area contributed by atoms with Crippen LogP contribution in [0.3, 0.4) is 0 Å². The lowest BCUT2D eigenvalue weighted by atomic mass is 9.85. The number of rotatable bonds is 5. The average Bonchev–Trinajstić information content (AvgIpc) is 4.10.